The van der Waals surface area contributed by atoms with E-state index in [4.69, 9.17) is 15.2 Å². The number of nitrogens with zero attached hydrogens (tertiary/aromatic N) is 6. The number of methoxy groups -OCH3 is 2. The van der Waals surface area contributed by atoms with Crippen LogP contribution in [0.25, 0.3) is 33.8 Å². The van der Waals surface area contributed by atoms with E-state index >= 15 is 0 Å². The van der Waals surface area contributed by atoms with Crippen LogP contribution in [0.4, 0.5) is 15.8 Å². The van der Waals surface area contributed by atoms with Crippen molar-refractivity contribution >= 4 is 22.7 Å². The molecule has 6 aromatic rings. The number of piperazine rings is 1. The van der Waals surface area contributed by atoms with Gasteiger partial charge in [-0.15, -0.1) is 0 Å². The molecule has 274 valence electrons. The molecule has 2 atom stereocenters. The highest BCUT2D eigenvalue weighted by molar-refractivity contribution is 5.66. The van der Waals surface area contributed by atoms with Crippen LogP contribution in [0.1, 0.15) is 18.9 Å². The number of pyridine rings is 2. The van der Waals surface area contributed by atoms with Gasteiger partial charge in [0.15, 0.2) is 11.5 Å². The number of halogens is 1. The van der Waals surface area contributed by atoms with E-state index in [0.717, 1.165) is 56.1 Å². The molecule has 2 saturated heterocycles. The Bertz CT molecular complexity index is 2410. The van der Waals surface area contributed by atoms with Gasteiger partial charge >= 0.3 is 0 Å². The first-order chi connectivity index (χ1) is 25.6. The van der Waals surface area contributed by atoms with Crippen LogP contribution in [-0.4, -0.2) is 77.8 Å². The second-order valence-electron chi connectivity index (χ2n) is 13.5. The number of nitrogens with one attached hydrogen (secondary N) is 1. The molecule has 0 spiro atoms. The number of fused-ring (bicyclic) bond motifs is 2. The highest BCUT2D eigenvalue weighted by Crippen LogP contribution is 2.31. The van der Waals surface area contributed by atoms with Crippen LogP contribution in [0.5, 0.6) is 11.5 Å². The number of benzene rings is 2. The molecule has 0 radical (unpaired) electrons. The lowest BCUT2D eigenvalue weighted by atomic mass is 10.1. The maximum atomic E-state index is 13.8. The van der Waals surface area contributed by atoms with E-state index in [2.05, 4.69) is 32.0 Å². The first-order valence-corrected chi connectivity index (χ1v) is 17.6. The molecular weight excluding hydrogens is 675 g/mol. The molecule has 0 saturated carbocycles. The highest BCUT2D eigenvalue weighted by Gasteiger charge is 2.20. The number of hydrogen-bond donors (Lipinski definition) is 2. The van der Waals surface area contributed by atoms with Crippen molar-refractivity contribution in [1.29, 1.82) is 0 Å². The van der Waals surface area contributed by atoms with E-state index in [-0.39, 0.29) is 23.0 Å². The summed E-state index contributed by atoms with van der Waals surface area (Å²) in [4.78, 5) is 39.0. The second-order valence-corrected chi connectivity index (χ2v) is 13.5. The maximum absolute atomic E-state index is 13.8. The lowest BCUT2D eigenvalue weighted by Gasteiger charge is -2.33. The maximum Gasteiger partial charge on any atom is 0.258 e. The van der Waals surface area contributed by atoms with E-state index in [1.165, 1.54) is 18.2 Å². The van der Waals surface area contributed by atoms with Gasteiger partial charge in [0.25, 0.3) is 11.1 Å². The van der Waals surface area contributed by atoms with Gasteiger partial charge in [-0.05, 0) is 74.4 Å². The van der Waals surface area contributed by atoms with Crippen molar-refractivity contribution < 1.29 is 13.9 Å². The van der Waals surface area contributed by atoms with Crippen molar-refractivity contribution in [2.24, 2.45) is 5.73 Å². The van der Waals surface area contributed by atoms with Crippen molar-refractivity contribution in [2.75, 3.05) is 56.7 Å². The summed E-state index contributed by atoms with van der Waals surface area (Å²) >= 11 is 0. The quantitative estimate of drug-likeness (QED) is 0.254. The fraction of sp³-hybridized carbons (Fsp3) is 0.300. The Hall–Kier alpha value is -5.79. The number of anilines is 2. The topological polar surface area (TPSA) is 132 Å². The van der Waals surface area contributed by atoms with Crippen LogP contribution < -0.4 is 41.4 Å². The minimum atomic E-state index is -0.298. The van der Waals surface area contributed by atoms with E-state index in [0.29, 0.717) is 51.3 Å². The fourth-order valence-electron chi connectivity index (χ4n) is 6.79. The minimum Gasteiger partial charge on any atom is -0.493 e. The third-order valence-electron chi connectivity index (χ3n) is 9.76. The Labute approximate surface area is 306 Å². The fourth-order valence-corrected chi connectivity index (χ4v) is 6.79. The molecule has 0 aliphatic carbocycles. The molecule has 53 heavy (non-hydrogen) atoms. The van der Waals surface area contributed by atoms with Crippen LogP contribution in [0.2, 0.25) is 0 Å². The van der Waals surface area contributed by atoms with E-state index < -0.39 is 0 Å². The molecule has 0 bridgehead atoms. The second kappa shape index (κ2) is 15.1. The van der Waals surface area contributed by atoms with Crippen LogP contribution in [0, 0.1) is 12.7 Å². The summed E-state index contributed by atoms with van der Waals surface area (Å²) in [6, 6.07) is 21.7. The Balaban J connectivity index is 0.000000164. The summed E-state index contributed by atoms with van der Waals surface area (Å²) < 4.78 is 27.6. The normalized spacial score (nSPS) is 17.2. The number of rotatable bonds is 6. The number of nitrogens with two attached hydrogens (primary N) is 1. The molecule has 0 unspecified atom stereocenters. The van der Waals surface area contributed by atoms with Crippen molar-refractivity contribution in [2.45, 2.75) is 32.4 Å². The summed E-state index contributed by atoms with van der Waals surface area (Å²) in [6.45, 7) is 8.28. The van der Waals surface area contributed by atoms with Crippen molar-refractivity contribution in [3.63, 3.8) is 0 Å². The smallest absolute Gasteiger partial charge is 0.258 e. The van der Waals surface area contributed by atoms with Crippen molar-refractivity contribution in [3.05, 3.63) is 117 Å². The molecule has 4 aromatic heterocycles. The molecule has 3 N–H and O–H groups in total. The molecule has 2 fully saturated rings. The number of ether oxygens (including phenoxy) is 2. The van der Waals surface area contributed by atoms with Crippen molar-refractivity contribution in [1.82, 2.24) is 24.1 Å². The molecule has 12 nitrogen and oxygen atoms in total. The van der Waals surface area contributed by atoms with Gasteiger partial charge in [-0.1, -0.05) is 12.1 Å². The lowest BCUT2D eigenvalue weighted by molar-refractivity contribution is 0.355. The third-order valence-corrected chi connectivity index (χ3v) is 9.76. The van der Waals surface area contributed by atoms with E-state index in [1.54, 1.807) is 48.1 Å². The molecule has 2 aliphatic heterocycles. The molecule has 13 heteroatoms. The van der Waals surface area contributed by atoms with Crippen molar-refractivity contribution in [3.8, 4) is 34.0 Å². The van der Waals surface area contributed by atoms with Gasteiger partial charge in [0.1, 0.15) is 17.1 Å². The van der Waals surface area contributed by atoms with Crippen LogP contribution >= 0.6 is 0 Å². The SMILES string of the molecule is COc1ccc(-c2cc(=O)n3cc(N4CC[C@H](N)C4)ccc3n2)cc1OC.Cc1ccc(-c2cc(=O)n3cc(N4CCN[C@@H](C)C4)ccc3n2)cc1F. The predicted molar refractivity (Wildman–Crippen MR) is 206 cm³/mol. The van der Waals surface area contributed by atoms with Crippen LogP contribution in [0.3, 0.4) is 0 Å². The number of aryl methyl sites for hydroxylation is 1. The zero-order chi connectivity index (χ0) is 37.2. The van der Waals surface area contributed by atoms with Gasteiger partial charge in [-0.3, -0.25) is 18.4 Å². The van der Waals surface area contributed by atoms with Gasteiger partial charge in [-0.25, -0.2) is 14.4 Å². The average Bonchev–Trinajstić information content (AvgIpc) is 3.61. The molecule has 2 aliphatic rings. The van der Waals surface area contributed by atoms with Crippen LogP contribution in [0.15, 0.2) is 94.8 Å². The largest absolute Gasteiger partial charge is 0.493 e. The molecular formula is C40H43FN8O4. The van der Waals surface area contributed by atoms with E-state index in [9.17, 15) is 14.0 Å². The van der Waals surface area contributed by atoms with Crippen LogP contribution in [-0.2, 0) is 0 Å². The van der Waals surface area contributed by atoms with Gasteiger partial charge < -0.3 is 30.3 Å². The monoisotopic (exact) mass is 718 g/mol. The standard InChI is InChI=1S/C20H21FN4O.C20H22N4O3/c1-13-3-4-15(9-17(13)21)18-10-20(26)25-12-16(5-6-19(25)23-18)24-8-7-22-14(2)11-24;1-26-17-5-3-13(9-18(17)27-2)16-10-20(25)24-12-15(4-6-19(24)22-16)23-8-7-14(21)11-23/h3-6,9-10,12,14,22H,7-8,11H2,1-2H3;3-6,9-10,12,14H,7-8,11,21H2,1-2H3/t2*14-/m00/s1. The number of aromatic nitrogens is 4. The number of hydrogen-bond acceptors (Lipinski definition) is 10. The van der Waals surface area contributed by atoms with E-state index in [1.807, 2.05) is 48.8 Å². The Kier molecular flexibility index (Phi) is 10.1. The summed E-state index contributed by atoms with van der Waals surface area (Å²) in [5.74, 6) is 0.928. The summed E-state index contributed by atoms with van der Waals surface area (Å²) in [7, 11) is 3.17. The van der Waals surface area contributed by atoms with Gasteiger partial charge in [0.05, 0.1) is 37.0 Å². The Morgan fingerprint density at radius 1 is 0.755 bits per heavy atom. The summed E-state index contributed by atoms with van der Waals surface area (Å²) in [5, 5.41) is 3.41. The molecule has 6 heterocycles. The summed E-state index contributed by atoms with van der Waals surface area (Å²) in [6.07, 6.45) is 4.63. The minimum absolute atomic E-state index is 0.130. The highest BCUT2D eigenvalue weighted by atomic mass is 19.1. The van der Waals surface area contributed by atoms with Gasteiger partial charge in [-0.2, -0.15) is 0 Å². The Morgan fingerprint density at radius 2 is 1.34 bits per heavy atom. The first kappa shape index (κ1) is 35.6. The van der Waals surface area contributed by atoms with Gasteiger partial charge in [0.2, 0.25) is 0 Å². The first-order valence-electron chi connectivity index (χ1n) is 17.6. The molecule has 8 rings (SSSR count). The zero-order valence-electron chi connectivity index (χ0n) is 30.3. The average molecular weight is 719 g/mol. The zero-order valence-corrected chi connectivity index (χ0v) is 30.3. The predicted octanol–water partition coefficient (Wildman–Crippen LogP) is 4.52. The third kappa shape index (κ3) is 7.57. The molecule has 0 amide bonds. The summed E-state index contributed by atoms with van der Waals surface area (Å²) in [5.41, 5.74) is 11.9. The lowest BCUT2D eigenvalue weighted by Crippen LogP contribution is -2.49. The Morgan fingerprint density at radius 3 is 1.89 bits per heavy atom. The van der Waals surface area contributed by atoms with Gasteiger partial charge in [0, 0.05) is 80.5 Å². The molecule has 2 aromatic carbocycles.